The number of aliphatic hydroxyl groups excluding tert-OH is 21. The largest absolute Gasteiger partial charge is 0.481 e. The normalized spacial score (nSPS) is 52.9. The van der Waals surface area contributed by atoms with Crippen molar-refractivity contribution in [3.05, 3.63) is 0 Å². The molecule has 0 aliphatic carbocycles. The van der Waals surface area contributed by atoms with Gasteiger partial charge in [0.1, 0.15) is 171 Å². The quantitative estimate of drug-likeness (QED) is 0.113. The van der Waals surface area contributed by atoms with Crippen LogP contribution in [0.1, 0.15) is 6.92 Å². The molecule has 21 fully saturated rings. The number of carboxylic acids is 1. The number of hydrogen-bond acceptors (Lipinski definition) is 36. The fourth-order valence-corrected chi connectivity index (χ4v) is 10.4. The monoisotopic (exact) mass is 1190 g/mol. The Labute approximate surface area is 457 Å². The third kappa shape index (κ3) is 13.9. The summed E-state index contributed by atoms with van der Waals surface area (Å²) in [4.78, 5) is 9.00. The van der Waals surface area contributed by atoms with Gasteiger partial charge in [-0.05, 0) is 0 Å². The molecule has 21 heterocycles. The van der Waals surface area contributed by atoms with Gasteiger partial charge < -0.3 is 179 Å². The lowest BCUT2D eigenvalue weighted by molar-refractivity contribution is -0.396. The number of aliphatic hydroxyl groups is 21. The van der Waals surface area contributed by atoms with Crippen LogP contribution in [0, 0.1) is 0 Å². The van der Waals surface area contributed by atoms with E-state index in [0.29, 0.717) is 0 Å². The van der Waals surface area contributed by atoms with E-state index in [1.54, 1.807) is 0 Å². The van der Waals surface area contributed by atoms with Crippen LogP contribution in [0.2, 0.25) is 0 Å². The molecule has 37 heteroatoms. The van der Waals surface area contributed by atoms with Crippen LogP contribution in [-0.4, -0.2) is 380 Å². The number of hydrogen-bond donors (Lipinski definition) is 22. The highest BCUT2D eigenvalue weighted by Crippen LogP contribution is 2.39. The maximum absolute atomic E-state index is 11.3. The van der Waals surface area contributed by atoms with Crippen molar-refractivity contribution in [2.75, 3.05) is 46.2 Å². The molecule has 21 aliphatic heterocycles. The zero-order chi connectivity index (χ0) is 59.6. The summed E-state index contributed by atoms with van der Waals surface area (Å²) in [5, 5.41) is 238. The Bertz CT molecular complexity index is 1560. The fourth-order valence-electron chi connectivity index (χ4n) is 10.4. The van der Waals surface area contributed by atoms with Gasteiger partial charge in [0.05, 0.1) is 46.2 Å². The summed E-state index contributed by atoms with van der Waals surface area (Å²) in [5.41, 5.74) is 0. The molecule has 0 aromatic carbocycles. The van der Waals surface area contributed by atoms with Crippen LogP contribution < -0.4 is 0 Å². The minimum atomic E-state index is -2.21. The van der Waals surface area contributed by atoms with Gasteiger partial charge in [0.15, 0.2) is 44.0 Å². The average Bonchev–Trinajstić information content (AvgIpc) is 3.49. The van der Waals surface area contributed by atoms with Gasteiger partial charge in [-0.2, -0.15) is 0 Å². The van der Waals surface area contributed by atoms with Crippen molar-refractivity contribution in [1.29, 1.82) is 0 Å². The Kier molecular flexibility index (Phi) is 23.6. The number of aliphatic carboxylic acids is 1. The van der Waals surface area contributed by atoms with Crippen molar-refractivity contribution >= 4 is 5.97 Å². The van der Waals surface area contributed by atoms with E-state index in [4.69, 9.17) is 76.2 Å². The Balaban J connectivity index is 0.00000229. The summed E-state index contributed by atoms with van der Waals surface area (Å²) < 4.78 is 79.5. The Morgan fingerprint density at radius 3 is 0.420 bits per heavy atom. The molecule has 0 radical (unpaired) electrons. The third-order valence-corrected chi connectivity index (χ3v) is 14.8. The second-order valence-electron chi connectivity index (χ2n) is 20.2. The van der Waals surface area contributed by atoms with Gasteiger partial charge >= 0.3 is 0 Å². The standard InChI is InChI=1S/C42H70O35.C2H4O2/c43-1-8-29-15(50)22(57)36(64-8)72-30-9(2-44)66-38(24(59)17(30)52)74-32-11(4-46)68-40(26(61)19(32)54)76-34-13(6-48)70-42(28(63)21(34)56)77-35-14(7-49)69-41(27(62)20(35)55)75-33-12(5-47)67-39(25(60)18(33)53)73-31-10(3-45)65-37(71-29)23(58)16(31)51;1-2(3)4/h8-63H,1-7H2;1H3,(H,3,4)/t8-,9-,10-,11-,12-,13-,14-,15-,16-,17-,18-,19-,20-,21-,22-,23-,24-,25-,26-,27-,28?,29-,30-,31-,32-,33-,34-,35-,36-,37-,38-,39-,40-,41-,42-;/m1./s1. The first-order chi connectivity index (χ1) is 38.4. The van der Waals surface area contributed by atoms with Gasteiger partial charge in [-0.15, -0.1) is 0 Å². The molecule has 0 spiro atoms. The van der Waals surface area contributed by atoms with E-state index < -0.39 is 267 Å². The Morgan fingerprint density at radius 2 is 0.333 bits per heavy atom. The molecule has 37 nitrogen and oxygen atoms in total. The van der Waals surface area contributed by atoms with Crippen molar-refractivity contribution in [3.8, 4) is 0 Å². The van der Waals surface area contributed by atoms with Crippen LogP contribution in [0.3, 0.4) is 0 Å². The van der Waals surface area contributed by atoms with Crippen LogP contribution >= 0.6 is 0 Å². The molecular formula is C44H74O37. The van der Waals surface area contributed by atoms with Crippen LogP contribution in [0.25, 0.3) is 0 Å². The smallest absolute Gasteiger partial charge is 0.300 e. The first-order valence-corrected chi connectivity index (χ1v) is 25.5. The average molecular weight is 1200 g/mol. The van der Waals surface area contributed by atoms with Gasteiger partial charge in [0.25, 0.3) is 5.97 Å². The first-order valence-electron chi connectivity index (χ1n) is 25.5. The highest BCUT2D eigenvalue weighted by molar-refractivity contribution is 5.63. The fraction of sp³-hybridized carbons (Fsp3) is 0.977. The molecule has 472 valence electrons. The molecule has 1 unspecified atom stereocenters. The lowest BCUT2D eigenvalue weighted by Crippen LogP contribution is -2.68. The summed E-state index contributed by atoms with van der Waals surface area (Å²) in [6, 6.07) is 0. The highest BCUT2D eigenvalue weighted by Gasteiger charge is 2.59. The summed E-state index contributed by atoms with van der Waals surface area (Å²) in [6.07, 6.45) is -70.2. The first kappa shape index (κ1) is 66.6. The second-order valence-corrected chi connectivity index (χ2v) is 20.2. The van der Waals surface area contributed by atoms with E-state index in [-0.39, 0.29) is 0 Å². The van der Waals surface area contributed by atoms with Crippen molar-refractivity contribution < 1.29 is 183 Å². The molecule has 35 atom stereocenters. The molecule has 22 N–H and O–H groups in total. The number of carbonyl (C=O) groups is 1. The van der Waals surface area contributed by atoms with Gasteiger partial charge in [-0.25, -0.2) is 0 Å². The zero-order valence-corrected chi connectivity index (χ0v) is 42.6. The van der Waals surface area contributed by atoms with Crippen molar-refractivity contribution in [2.45, 2.75) is 222 Å². The molecule has 0 aromatic heterocycles. The molecule has 21 aliphatic rings. The topological polar surface area (TPSA) is 591 Å². The molecule has 0 saturated carbocycles. The predicted molar refractivity (Wildman–Crippen MR) is 242 cm³/mol. The van der Waals surface area contributed by atoms with Gasteiger partial charge in [-0.1, -0.05) is 0 Å². The summed E-state index contributed by atoms with van der Waals surface area (Å²) in [7, 11) is 0. The van der Waals surface area contributed by atoms with Crippen LogP contribution in [-0.2, 0) is 71.1 Å². The van der Waals surface area contributed by atoms with E-state index in [0.717, 1.165) is 6.92 Å². The summed E-state index contributed by atoms with van der Waals surface area (Å²) in [5.74, 6) is -0.833. The number of rotatable bonds is 7. The number of carboxylic acid groups (broad SMARTS) is 1. The van der Waals surface area contributed by atoms with Gasteiger partial charge in [0, 0.05) is 6.92 Å². The van der Waals surface area contributed by atoms with Crippen LogP contribution in [0.4, 0.5) is 0 Å². The number of ether oxygens (including phenoxy) is 14. The lowest BCUT2D eigenvalue weighted by atomic mass is 9.95. The Morgan fingerprint density at radius 1 is 0.235 bits per heavy atom. The molecule has 21 rings (SSSR count). The maximum atomic E-state index is 11.3. The predicted octanol–water partition coefficient (Wildman–Crippen LogP) is -15.1. The van der Waals surface area contributed by atoms with Crippen molar-refractivity contribution in [3.63, 3.8) is 0 Å². The third-order valence-electron chi connectivity index (χ3n) is 14.8. The van der Waals surface area contributed by atoms with Crippen LogP contribution in [0.15, 0.2) is 0 Å². The Hall–Kier alpha value is -1.93. The highest BCUT2D eigenvalue weighted by atomic mass is 16.8. The maximum Gasteiger partial charge on any atom is 0.300 e. The minimum Gasteiger partial charge on any atom is -0.481 e. The van der Waals surface area contributed by atoms with E-state index >= 15 is 0 Å². The molecule has 14 bridgehead atoms. The minimum absolute atomic E-state index is 0.833. The van der Waals surface area contributed by atoms with E-state index in [9.17, 15) is 107 Å². The summed E-state index contributed by atoms with van der Waals surface area (Å²) >= 11 is 0. The zero-order valence-electron chi connectivity index (χ0n) is 42.6. The molecule has 81 heavy (non-hydrogen) atoms. The molecular weight excluding hydrogens is 1120 g/mol. The van der Waals surface area contributed by atoms with E-state index in [1.807, 2.05) is 0 Å². The summed E-state index contributed by atoms with van der Waals surface area (Å²) in [6.45, 7) is -6.24. The van der Waals surface area contributed by atoms with Crippen LogP contribution in [0.5, 0.6) is 0 Å². The van der Waals surface area contributed by atoms with Crippen molar-refractivity contribution in [1.82, 2.24) is 0 Å². The van der Waals surface area contributed by atoms with Gasteiger partial charge in [-0.3, -0.25) is 4.79 Å². The van der Waals surface area contributed by atoms with Gasteiger partial charge in [0.2, 0.25) is 0 Å². The molecule has 0 amide bonds. The molecule has 21 saturated heterocycles. The van der Waals surface area contributed by atoms with E-state index in [1.165, 1.54) is 0 Å². The van der Waals surface area contributed by atoms with E-state index in [2.05, 4.69) is 0 Å². The SMILES string of the molecule is CC(=O)O.OC[C@H]1O[C@@H]2O[C@H]3[C@H](O)[C@@H](O)[C@@H](O[C@H]4[C@H](O)[C@@H](O)[C@@H](O[C@H]5[C@H](O)[C@@H](O)[C@@H](O[C@H]6[C@H](O)[C@@H](O)[C@@H](O[C@H]7[C@H](O)[C@@H](O)[C@@H](O[C@H]8[C@H](O)C(O)[C@@H](O[C@H]1[C@H](O)[C@H]2O)O[C@@H]8CO)O[C@@H]7CO)O[C@@H]6CO)O[C@@H]5CO)O[C@@H]4CO)O[C@@H]3CO. The lowest BCUT2D eigenvalue weighted by Gasteiger charge is -2.50. The second kappa shape index (κ2) is 28.7. The molecule has 0 aromatic rings. The van der Waals surface area contributed by atoms with Crippen molar-refractivity contribution in [2.24, 2.45) is 0 Å².